The summed E-state index contributed by atoms with van der Waals surface area (Å²) in [6.45, 7) is 6.80. The van der Waals surface area contributed by atoms with Crippen LogP contribution in [0.2, 0.25) is 0 Å². The minimum Gasteiger partial charge on any atom is -0.354 e. The Balaban J connectivity index is 1.48. The highest BCUT2D eigenvalue weighted by Gasteiger charge is 2.37. The van der Waals surface area contributed by atoms with Gasteiger partial charge in [-0.3, -0.25) is 4.79 Å². The van der Waals surface area contributed by atoms with Crippen LogP contribution in [0, 0.1) is 18.8 Å². The number of hydrogen-bond acceptors (Lipinski definition) is 3. The van der Waals surface area contributed by atoms with Crippen LogP contribution in [-0.2, 0) is 11.3 Å². The smallest absolute Gasteiger partial charge is 0.224 e. The molecular formula is C14H22N4O. The molecule has 5 heteroatoms. The van der Waals surface area contributed by atoms with Gasteiger partial charge in [-0.2, -0.15) is 0 Å². The molecule has 3 saturated heterocycles. The Hall–Kier alpha value is -1.36. The first-order valence-corrected chi connectivity index (χ1v) is 7.22. The van der Waals surface area contributed by atoms with Crippen molar-refractivity contribution in [2.24, 2.45) is 11.8 Å². The first-order chi connectivity index (χ1) is 9.24. The number of hydrogen-bond donors (Lipinski definition) is 1. The highest BCUT2D eigenvalue weighted by atomic mass is 16.1. The number of nitrogens with zero attached hydrogens (tertiary/aromatic N) is 3. The van der Waals surface area contributed by atoms with Crippen LogP contribution in [0.15, 0.2) is 12.4 Å². The number of nitrogens with one attached hydrogen (secondary N) is 1. The number of aryl methyl sites for hydroxylation is 1. The summed E-state index contributed by atoms with van der Waals surface area (Å²) < 4.78 is 2.07. The van der Waals surface area contributed by atoms with Crippen LogP contribution in [0.4, 0.5) is 0 Å². The molecule has 0 saturated carbocycles. The molecule has 0 radical (unpaired) electrons. The van der Waals surface area contributed by atoms with E-state index in [1.807, 2.05) is 13.1 Å². The zero-order valence-corrected chi connectivity index (χ0v) is 11.5. The lowest BCUT2D eigenvalue weighted by atomic mass is 9.78. The van der Waals surface area contributed by atoms with Gasteiger partial charge in [-0.05, 0) is 38.8 Å². The quantitative estimate of drug-likeness (QED) is 0.867. The van der Waals surface area contributed by atoms with E-state index in [9.17, 15) is 4.79 Å². The maximum absolute atomic E-state index is 12.2. The highest BCUT2D eigenvalue weighted by Crippen LogP contribution is 2.32. The van der Waals surface area contributed by atoms with Gasteiger partial charge >= 0.3 is 0 Å². The maximum Gasteiger partial charge on any atom is 0.224 e. The molecule has 1 atom stereocenters. The third-order valence-electron chi connectivity index (χ3n) is 4.57. The lowest BCUT2D eigenvalue weighted by molar-refractivity contribution is -0.131. The van der Waals surface area contributed by atoms with Crippen molar-refractivity contribution in [3.8, 4) is 0 Å². The SMILES string of the molecule is Cc1nccn1CCNC(=O)[C@H]1CN2CCC1CC2. The first kappa shape index (κ1) is 12.7. The van der Waals surface area contributed by atoms with Crippen LogP contribution in [0.25, 0.3) is 0 Å². The molecule has 4 heterocycles. The Morgan fingerprint density at radius 2 is 2.26 bits per heavy atom. The summed E-state index contributed by atoms with van der Waals surface area (Å²) in [4.78, 5) is 18.8. The van der Waals surface area contributed by atoms with E-state index in [1.165, 1.54) is 25.9 Å². The summed E-state index contributed by atoms with van der Waals surface area (Å²) >= 11 is 0. The van der Waals surface area contributed by atoms with E-state index < -0.39 is 0 Å². The second-order valence-corrected chi connectivity index (χ2v) is 5.70. The molecule has 0 aliphatic carbocycles. The number of aromatic nitrogens is 2. The van der Waals surface area contributed by atoms with Gasteiger partial charge in [0.2, 0.25) is 5.91 Å². The van der Waals surface area contributed by atoms with Crippen molar-refractivity contribution in [2.45, 2.75) is 26.3 Å². The van der Waals surface area contributed by atoms with Crippen molar-refractivity contribution in [2.75, 3.05) is 26.2 Å². The van der Waals surface area contributed by atoms with Crippen LogP contribution >= 0.6 is 0 Å². The third kappa shape index (κ3) is 2.66. The predicted molar refractivity (Wildman–Crippen MR) is 72.6 cm³/mol. The molecule has 4 rings (SSSR count). The molecule has 104 valence electrons. The Morgan fingerprint density at radius 3 is 2.84 bits per heavy atom. The number of fused-ring (bicyclic) bond motifs is 3. The molecular weight excluding hydrogens is 240 g/mol. The molecule has 0 aromatic carbocycles. The Bertz CT molecular complexity index is 448. The second-order valence-electron chi connectivity index (χ2n) is 5.70. The number of piperidine rings is 3. The van der Waals surface area contributed by atoms with E-state index in [0.717, 1.165) is 18.9 Å². The van der Waals surface area contributed by atoms with Gasteiger partial charge in [-0.1, -0.05) is 0 Å². The summed E-state index contributed by atoms with van der Waals surface area (Å²) in [5, 5.41) is 3.09. The number of imidazole rings is 1. The molecule has 2 bridgehead atoms. The van der Waals surface area contributed by atoms with E-state index in [0.29, 0.717) is 12.5 Å². The van der Waals surface area contributed by atoms with Gasteiger partial charge < -0.3 is 14.8 Å². The van der Waals surface area contributed by atoms with Gasteiger partial charge in [0, 0.05) is 32.0 Å². The van der Waals surface area contributed by atoms with E-state index in [-0.39, 0.29) is 11.8 Å². The van der Waals surface area contributed by atoms with Gasteiger partial charge in [0.15, 0.2) is 0 Å². The van der Waals surface area contributed by atoms with Crippen molar-refractivity contribution in [1.82, 2.24) is 19.8 Å². The van der Waals surface area contributed by atoms with E-state index in [4.69, 9.17) is 0 Å². The monoisotopic (exact) mass is 262 g/mol. The van der Waals surface area contributed by atoms with Crippen molar-refractivity contribution in [3.05, 3.63) is 18.2 Å². The fourth-order valence-electron chi connectivity index (χ4n) is 3.33. The van der Waals surface area contributed by atoms with Crippen molar-refractivity contribution in [1.29, 1.82) is 0 Å². The summed E-state index contributed by atoms with van der Waals surface area (Å²) in [5.41, 5.74) is 0. The second kappa shape index (κ2) is 5.33. The fraction of sp³-hybridized carbons (Fsp3) is 0.714. The van der Waals surface area contributed by atoms with Gasteiger partial charge in [0.1, 0.15) is 5.82 Å². The molecule has 1 aromatic heterocycles. The minimum absolute atomic E-state index is 0.214. The fourth-order valence-corrected chi connectivity index (χ4v) is 3.33. The topological polar surface area (TPSA) is 50.2 Å². The highest BCUT2D eigenvalue weighted by molar-refractivity contribution is 5.79. The number of carbonyl (C=O) groups excluding carboxylic acids is 1. The average Bonchev–Trinajstić information content (AvgIpc) is 2.85. The van der Waals surface area contributed by atoms with Gasteiger partial charge in [0.25, 0.3) is 0 Å². The van der Waals surface area contributed by atoms with Gasteiger partial charge in [-0.15, -0.1) is 0 Å². The third-order valence-corrected chi connectivity index (χ3v) is 4.57. The molecule has 1 N–H and O–H groups in total. The van der Waals surface area contributed by atoms with E-state index in [1.54, 1.807) is 6.20 Å². The standard InChI is InChI=1S/C14H22N4O/c1-11-15-4-8-18(11)9-5-16-14(19)13-10-17-6-2-12(13)3-7-17/h4,8,12-13H,2-3,5-7,9-10H2,1H3,(H,16,19)/t13-/m0/s1. The zero-order chi connectivity index (χ0) is 13.2. The van der Waals surface area contributed by atoms with Crippen LogP contribution in [0.3, 0.4) is 0 Å². The Kier molecular flexibility index (Phi) is 3.55. The van der Waals surface area contributed by atoms with Crippen LogP contribution in [0.1, 0.15) is 18.7 Å². The lowest BCUT2D eigenvalue weighted by Crippen LogP contribution is -2.52. The van der Waals surface area contributed by atoms with Crippen molar-refractivity contribution < 1.29 is 4.79 Å². The molecule has 1 aromatic rings. The molecule has 3 fully saturated rings. The molecule has 1 amide bonds. The zero-order valence-electron chi connectivity index (χ0n) is 11.5. The van der Waals surface area contributed by atoms with Crippen molar-refractivity contribution in [3.63, 3.8) is 0 Å². The Morgan fingerprint density at radius 1 is 1.47 bits per heavy atom. The normalized spacial score (nSPS) is 29.4. The van der Waals surface area contributed by atoms with Crippen LogP contribution < -0.4 is 5.32 Å². The van der Waals surface area contributed by atoms with Gasteiger partial charge in [-0.25, -0.2) is 4.98 Å². The van der Waals surface area contributed by atoms with E-state index >= 15 is 0 Å². The number of rotatable bonds is 4. The first-order valence-electron chi connectivity index (χ1n) is 7.22. The largest absolute Gasteiger partial charge is 0.354 e. The summed E-state index contributed by atoms with van der Waals surface area (Å²) in [7, 11) is 0. The maximum atomic E-state index is 12.2. The number of carbonyl (C=O) groups is 1. The number of amides is 1. The molecule has 3 aliphatic rings. The molecule has 0 unspecified atom stereocenters. The summed E-state index contributed by atoms with van der Waals surface area (Å²) in [6.07, 6.45) is 6.14. The van der Waals surface area contributed by atoms with Crippen molar-refractivity contribution >= 4 is 5.91 Å². The minimum atomic E-state index is 0.214. The molecule has 5 nitrogen and oxygen atoms in total. The molecule has 0 spiro atoms. The summed E-state index contributed by atoms with van der Waals surface area (Å²) in [6, 6.07) is 0. The lowest BCUT2D eigenvalue weighted by Gasteiger charge is -2.43. The average molecular weight is 262 g/mol. The van der Waals surface area contributed by atoms with E-state index in [2.05, 4.69) is 19.8 Å². The van der Waals surface area contributed by atoms with Crippen LogP contribution in [0.5, 0.6) is 0 Å². The Labute approximate surface area is 114 Å². The molecule has 19 heavy (non-hydrogen) atoms. The summed E-state index contributed by atoms with van der Waals surface area (Å²) in [5.74, 6) is 2.07. The predicted octanol–water partition coefficient (Wildman–Crippen LogP) is 0.650. The molecule has 3 aliphatic heterocycles. The van der Waals surface area contributed by atoms with Gasteiger partial charge in [0.05, 0.1) is 5.92 Å². The van der Waals surface area contributed by atoms with Crippen LogP contribution in [-0.4, -0.2) is 46.5 Å².